The van der Waals surface area contributed by atoms with E-state index in [0.717, 1.165) is 12.5 Å². The number of halogens is 2. The molecule has 0 saturated heterocycles. The summed E-state index contributed by atoms with van der Waals surface area (Å²) in [5.74, 6) is -0.543. The fraction of sp³-hybridized carbons (Fsp3) is 0.455. The van der Waals surface area contributed by atoms with E-state index in [1.54, 1.807) is 0 Å². The van der Waals surface area contributed by atoms with Crippen LogP contribution in [0.1, 0.15) is 19.8 Å². The summed E-state index contributed by atoms with van der Waals surface area (Å²) in [5, 5.41) is 12.5. The first kappa shape index (κ1) is 13.1. The van der Waals surface area contributed by atoms with Gasteiger partial charge in [-0.05, 0) is 12.5 Å². The molecule has 1 atom stereocenters. The average molecular weight is 247 g/mol. The Bertz CT molecular complexity index is 360. The highest BCUT2D eigenvalue weighted by molar-refractivity contribution is 6.31. The highest BCUT2D eigenvalue weighted by atomic mass is 35.5. The number of benzene rings is 1. The molecule has 0 radical (unpaired) electrons. The van der Waals surface area contributed by atoms with Crippen molar-refractivity contribution in [2.75, 3.05) is 17.6 Å². The number of anilines is 2. The molecule has 1 rings (SSSR count). The molecule has 5 heteroatoms. The van der Waals surface area contributed by atoms with Gasteiger partial charge in [-0.15, -0.1) is 0 Å². The lowest BCUT2D eigenvalue weighted by Gasteiger charge is -2.13. The van der Waals surface area contributed by atoms with Crippen LogP contribution in [-0.4, -0.2) is 17.8 Å². The quantitative estimate of drug-likeness (QED) is 0.700. The van der Waals surface area contributed by atoms with Crippen LogP contribution in [0.2, 0.25) is 5.02 Å². The minimum Gasteiger partial charge on any atom is -0.397 e. The molecule has 0 fully saturated rings. The van der Waals surface area contributed by atoms with E-state index < -0.39 is 11.9 Å². The Hall–Kier alpha value is -1.00. The van der Waals surface area contributed by atoms with Crippen LogP contribution in [-0.2, 0) is 0 Å². The number of aliphatic hydroxyl groups excluding tert-OH is 1. The molecule has 0 aliphatic carbocycles. The molecule has 1 aromatic rings. The minimum absolute atomic E-state index is 0.0154. The zero-order valence-corrected chi connectivity index (χ0v) is 9.89. The Morgan fingerprint density at radius 2 is 2.25 bits per heavy atom. The third-order valence-corrected chi connectivity index (χ3v) is 2.53. The number of hydrogen-bond acceptors (Lipinski definition) is 3. The monoisotopic (exact) mass is 246 g/mol. The van der Waals surface area contributed by atoms with Crippen molar-refractivity contribution in [3.05, 3.63) is 23.0 Å². The standard InChI is InChI=1S/C11H16ClFN2O/c1-2-3-7(16)6-15-11-4-8(12)9(13)5-10(11)14/h4-5,7,15-16H,2-3,6,14H2,1H3. The van der Waals surface area contributed by atoms with Crippen molar-refractivity contribution in [3.63, 3.8) is 0 Å². The van der Waals surface area contributed by atoms with Gasteiger partial charge in [0.1, 0.15) is 5.82 Å². The minimum atomic E-state index is -0.543. The Kier molecular flexibility index (Phi) is 4.83. The maximum Gasteiger partial charge on any atom is 0.143 e. The Balaban J connectivity index is 2.63. The van der Waals surface area contributed by atoms with Crippen LogP contribution in [0.4, 0.5) is 15.8 Å². The molecule has 0 aliphatic heterocycles. The molecular weight excluding hydrogens is 231 g/mol. The molecule has 0 saturated carbocycles. The van der Waals surface area contributed by atoms with E-state index in [9.17, 15) is 9.50 Å². The molecule has 3 nitrogen and oxygen atoms in total. The zero-order chi connectivity index (χ0) is 12.1. The lowest BCUT2D eigenvalue weighted by molar-refractivity contribution is 0.176. The second kappa shape index (κ2) is 5.92. The smallest absolute Gasteiger partial charge is 0.143 e. The SMILES string of the molecule is CCCC(O)CNc1cc(Cl)c(F)cc1N. The molecule has 16 heavy (non-hydrogen) atoms. The zero-order valence-electron chi connectivity index (χ0n) is 9.13. The lowest BCUT2D eigenvalue weighted by atomic mass is 10.2. The van der Waals surface area contributed by atoms with Crippen molar-refractivity contribution >= 4 is 23.0 Å². The van der Waals surface area contributed by atoms with Gasteiger partial charge >= 0.3 is 0 Å². The summed E-state index contributed by atoms with van der Waals surface area (Å²) < 4.78 is 13.0. The number of nitrogens with one attached hydrogen (secondary N) is 1. The number of aliphatic hydroxyl groups is 1. The van der Waals surface area contributed by atoms with Crippen molar-refractivity contribution in [2.45, 2.75) is 25.9 Å². The second-order valence-electron chi connectivity index (χ2n) is 3.68. The van der Waals surface area contributed by atoms with Gasteiger partial charge in [0.15, 0.2) is 0 Å². The fourth-order valence-corrected chi connectivity index (χ4v) is 1.54. The largest absolute Gasteiger partial charge is 0.397 e. The van der Waals surface area contributed by atoms with Gasteiger partial charge in [0, 0.05) is 12.6 Å². The van der Waals surface area contributed by atoms with Crippen LogP contribution >= 0.6 is 11.6 Å². The van der Waals surface area contributed by atoms with Crippen LogP contribution in [0, 0.1) is 5.82 Å². The first-order chi connectivity index (χ1) is 7.54. The van der Waals surface area contributed by atoms with Crippen LogP contribution in [0.25, 0.3) is 0 Å². The van der Waals surface area contributed by atoms with Gasteiger partial charge in [-0.3, -0.25) is 0 Å². The third-order valence-electron chi connectivity index (χ3n) is 2.24. The maximum atomic E-state index is 13.0. The molecule has 0 spiro atoms. The van der Waals surface area contributed by atoms with Crippen molar-refractivity contribution in [2.24, 2.45) is 0 Å². The highest BCUT2D eigenvalue weighted by Gasteiger charge is 2.08. The topological polar surface area (TPSA) is 58.3 Å². The second-order valence-corrected chi connectivity index (χ2v) is 4.08. The Labute approximate surface area is 99.4 Å². The first-order valence-electron chi connectivity index (χ1n) is 5.21. The molecule has 0 amide bonds. The summed E-state index contributed by atoms with van der Waals surface area (Å²) >= 11 is 5.63. The summed E-state index contributed by atoms with van der Waals surface area (Å²) in [6.07, 6.45) is 1.18. The Morgan fingerprint density at radius 3 is 2.88 bits per heavy atom. The molecule has 0 bridgehead atoms. The normalized spacial score (nSPS) is 12.5. The van der Waals surface area contributed by atoms with E-state index >= 15 is 0 Å². The third kappa shape index (κ3) is 3.54. The van der Waals surface area contributed by atoms with Gasteiger partial charge in [-0.25, -0.2) is 4.39 Å². The number of nitrogen functional groups attached to an aromatic ring is 1. The number of hydrogen-bond donors (Lipinski definition) is 3. The highest BCUT2D eigenvalue weighted by Crippen LogP contribution is 2.26. The predicted molar refractivity (Wildman–Crippen MR) is 65.2 cm³/mol. The van der Waals surface area contributed by atoms with E-state index in [-0.39, 0.29) is 10.7 Å². The molecule has 1 aromatic carbocycles. The van der Waals surface area contributed by atoms with Crippen LogP contribution in [0.5, 0.6) is 0 Å². The lowest BCUT2D eigenvalue weighted by Crippen LogP contribution is -2.19. The predicted octanol–water partition coefficient (Wildman–Crippen LogP) is 2.63. The first-order valence-corrected chi connectivity index (χ1v) is 5.58. The maximum absolute atomic E-state index is 13.0. The van der Waals surface area contributed by atoms with Crippen molar-refractivity contribution in [3.8, 4) is 0 Å². The summed E-state index contributed by atoms with van der Waals surface area (Å²) in [7, 11) is 0. The van der Waals surface area contributed by atoms with Crippen LogP contribution in [0.3, 0.4) is 0 Å². The van der Waals surface area contributed by atoms with Crippen LogP contribution < -0.4 is 11.1 Å². The van der Waals surface area contributed by atoms with Gasteiger partial charge in [0.2, 0.25) is 0 Å². The molecule has 1 unspecified atom stereocenters. The molecule has 0 heterocycles. The van der Waals surface area contributed by atoms with E-state index in [2.05, 4.69) is 5.32 Å². The molecule has 0 aromatic heterocycles. The van der Waals surface area contributed by atoms with Crippen LogP contribution in [0.15, 0.2) is 12.1 Å². The average Bonchev–Trinajstić information content (AvgIpc) is 2.22. The van der Waals surface area contributed by atoms with E-state index in [0.29, 0.717) is 18.7 Å². The van der Waals surface area contributed by atoms with E-state index in [1.165, 1.54) is 6.07 Å². The molecular formula is C11H16ClFN2O. The number of nitrogens with two attached hydrogens (primary N) is 1. The molecule has 4 N–H and O–H groups in total. The molecule has 90 valence electrons. The van der Waals surface area contributed by atoms with Crippen molar-refractivity contribution in [1.29, 1.82) is 0 Å². The van der Waals surface area contributed by atoms with E-state index in [1.807, 2.05) is 6.92 Å². The van der Waals surface area contributed by atoms with Gasteiger partial charge in [0.25, 0.3) is 0 Å². The summed E-state index contributed by atoms with van der Waals surface area (Å²) in [4.78, 5) is 0. The van der Waals surface area contributed by atoms with Crippen molar-refractivity contribution in [1.82, 2.24) is 0 Å². The van der Waals surface area contributed by atoms with Gasteiger partial charge in [-0.1, -0.05) is 24.9 Å². The van der Waals surface area contributed by atoms with E-state index in [4.69, 9.17) is 17.3 Å². The van der Waals surface area contributed by atoms with Gasteiger partial charge in [-0.2, -0.15) is 0 Å². The van der Waals surface area contributed by atoms with Gasteiger partial charge < -0.3 is 16.2 Å². The Morgan fingerprint density at radius 1 is 1.56 bits per heavy atom. The summed E-state index contributed by atoms with van der Waals surface area (Å²) in [6.45, 7) is 2.37. The summed E-state index contributed by atoms with van der Waals surface area (Å²) in [6, 6.07) is 2.59. The summed E-state index contributed by atoms with van der Waals surface area (Å²) in [5.41, 5.74) is 6.43. The number of rotatable bonds is 5. The van der Waals surface area contributed by atoms with Gasteiger partial charge in [0.05, 0.1) is 22.5 Å². The van der Waals surface area contributed by atoms with Crippen molar-refractivity contribution < 1.29 is 9.50 Å². The fourth-order valence-electron chi connectivity index (χ4n) is 1.38. The molecule has 0 aliphatic rings.